The van der Waals surface area contributed by atoms with Crippen molar-refractivity contribution in [1.82, 2.24) is 4.90 Å². The summed E-state index contributed by atoms with van der Waals surface area (Å²) in [5.74, 6) is -0.830. The van der Waals surface area contributed by atoms with E-state index >= 15 is 0 Å². The van der Waals surface area contributed by atoms with Gasteiger partial charge >= 0.3 is 5.97 Å². The maximum absolute atomic E-state index is 12.2. The van der Waals surface area contributed by atoms with Crippen LogP contribution in [0, 0.1) is 0 Å². The monoisotopic (exact) mass is 287 g/mol. The number of nitrogens with zero attached hydrogens (tertiary/aromatic N) is 1. The number of rotatable bonds is 8. The van der Waals surface area contributed by atoms with Crippen molar-refractivity contribution in [3.8, 4) is 0 Å². The lowest BCUT2D eigenvalue weighted by atomic mass is 10.0. The van der Waals surface area contributed by atoms with Gasteiger partial charge in [-0.2, -0.15) is 0 Å². The molecule has 0 fully saturated rings. The van der Waals surface area contributed by atoms with E-state index in [4.69, 9.17) is 4.74 Å². The minimum Gasteiger partial charge on any atom is -0.458 e. The Morgan fingerprint density at radius 1 is 1.24 bits per heavy atom. The molecule has 4 heteroatoms. The lowest BCUT2D eigenvalue weighted by molar-refractivity contribution is -0.139. The van der Waals surface area contributed by atoms with Crippen LogP contribution in [0.4, 0.5) is 0 Å². The Kier molecular flexibility index (Phi) is 6.95. The topological polar surface area (TPSA) is 46.6 Å². The molecule has 0 saturated heterocycles. The van der Waals surface area contributed by atoms with Crippen LogP contribution in [-0.4, -0.2) is 37.4 Å². The molecule has 112 valence electrons. The van der Waals surface area contributed by atoms with E-state index in [0.717, 1.165) is 5.56 Å². The van der Waals surface area contributed by atoms with E-state index in [9.17, 15) is 9.59 Å². The summed E-state index contributed by atoms with van der Waals surface area (Å²) in [5, 5.41) is 0. The van der Waals surface area contributed by atoms with Gasteiger partial charge in [0.05, 0.1) is 0 Å². The Bertz CT molecular complexity index is 518. The van der Waals surface area contributed by atoms with Crippen LogP contribution in [0.1, 0.15) is 12.0 Å². The van der Waals surface area contributed by atoms with Crippen molar-refractivity contribution in [3.05, 3.63) is 60.3 Å². The van der Waals surface area contributed by atoms with E-state index in [1.165, 1.54) is 12.3 Å². The second kappa shape index (κ2) is 8.74. The minimum atomic E-state index is -0.610. The van der Waals surface area contributed by atoms with Crippen molar-refractivity contribution in [2.24, 2.45) is 0 Å². The van der Waals surface area contributed by atoms with Crippen LogP contribution in [0.5, 0.6) is 0 Å². The van der Waals surface area contributed by atoms with Crippen LogP contribution < -0.4 is 0 Å². The van der Waals surface area contributed by atoms with Crippen molar-refractivity contribution in [1.29, 1.82) is 0 Å². The molecule has 0 saturated carbocycles. The number of benzene rings is 1. The van der Waals surface area contributed by atoms with Gasteiger partial charge in [-0.15, -0.1) is 0 Å². The number of hydrogen-bond donors (Lipinski definition) is 0. The Morgan fingerprint density at radius 3 is 2.48 bits per heavy atom. The largest absolute Gasteiger partial charge is 0.458 e. The Balaban J connectivity index is 2.72. The SMILES string of the molecule is C=CCOC(=O)/C(=C\N(C)C)C(=O)CCc1ccccc1. The van der Waals surface area contributed by atoms with Crippen molar-refractivity contribution >= 4 is 11.8 Å². The number of aryl methyl sites for hydroxylation is 1. The first-order valence-corrected chi connectivity index (χ1v) is 6.78. The molecule has 0 radical (unpaired) electrons. The summed E-state index contributed by atoms with van der Waals surface area (Å²) in [6, 6.07) is 9.69. The average molecular weight is 287 g/mol. The third-order valence-electron chi connectivity index (χ3n) is 2.72. The fraction of sp³-hybridized carbons (Fsp3) is 0.294. The van der Waals surface area contributed by atoms with Gasteiger partial charge in [0.2, 0.25) is 0 Å². The molecule has 0 spiro atoms. The summed E-state index contributed by atoms with van der Waals surface area (Å²) in [6.07, 6.45) is 3.84. The summed E-state index contributed by atoms with van der Waals surface area (Å²) in [5.41, 5.74) is 1.13. The van der Waals surface area contributed by atoms with E-state index < -0.39 is 5.97 Å². The molecule has 0 atom stereocenters. The molecule has 0 aliphatic carbocycles. The smallest absolute Gasteiger partial charge is 0.343 e. The van der Waals surface area contributed by atoms with Crippen LogP contribution in [-0.2, 0) is 20.7 Å². The fourth-order valence-corrected chi connectivity index (χ4v) is 1.75. The number of ketones is 1. The number of ether oxygens (including phenoxy) is 1. The van der Waals surface area contributed by atoms with E-state index in [-0.39, 0.29) is 24.4 Å². The van der Waals surface area contributed by atoms with Crippen molar-refractivity contribution in [3.63, 3.8) is 0 Å². The number of Topliss-reactive ketones (excluding diaryl/α,β-unsaturated/α-hetero) is 1. The van der Waals surface area contributed by atoms with Crippen LogP contribution in [0.3, 0.4) is 0 Å². The molecule has 0 N–H and O–H groups in total. The lowest BCUT2D eigenvalue weighted by Gasteiger charge is -2.10. The first-order chi connectivity index (χ1) is 10.0. The summed E-state index contributed by atoms with van der Waals surface area (Å²) >= 11 is 0. The number of hydrogen-bond acceptors (Lipinski definition) is 4. The highest BCUT2D eigenvalue weighted by Crippen LogP contribution is 2.09. The van der Waals surface area contributed by atoms with Crippen molar-refractivity contribution < 1.29 is 14.3 Å². The van der Waals surface area contributed by atoms with Gasteiger partial charge in [0.15, 0.2) is 5.78 Å². The molecule has 1 aromatic rings. The molecule has 0 aliphatic rings. The van der Waals surface area contributed by atoms with Crippen molar-refractivity contribution in [2.75, 3.05) is 20.7 Å². The van der Waals surface area contributed by atoms with Gasteiger partial charge in [0, 0.05) is 26.7 Å². The molecular formula is C17H21NO3. The molecule has 0 amide bonds. The summed E-state index contributed by atoms with van der Waals surface area (Å²) < 4.78 is 4.95. The molecule has 4 nitrogen and oxygen atoms in total. The van der Waals surface area contributed by atoms with E-state index in [2.05, 4.69) is 6.58 Å². The quantitative estimate of drug-likeness (QED) is 0.242. The predicted octanol–water partition coefficient (Wildman–Crippen LogP) is 2.36. The zero-order valence-corrected chi connectivity index (χ0v) is 12.5. The Hall–Kier alpha value is -2.36. The van der Waals surface area contributed by atoms with E-state index in [1.807, 2.05) is 30.3 Å². The zero-order chi connectivity index (χ0) is 15.7. The van der Waals surface area contributed by atoms with Gasteiger partial charge in [-0.05, 0) is 12.0 Å². The van der Waals surface area contributed by atoms with Crippen molar-refractivity contribution in [2.45, 2.75) is 12.8 Å². The lowest BCUT2D eigenvalue weighted by Crippen LogP contribution is -2.19. The molecule has 0 heterocycles. The number of esters is 1. The van der Waals surface area contributed by atoms with Crippen LogP contribution in [0.15, 0.2) is 54.8 Å². The second-order valence-corrected chi connectivity index (χ2v) is 4.80. The number of carbonyl (C=O) groups is 2. The Labute approximate surface area is 125 Å². The van der Waals surface area contributed by atoms with Crippen LogP contribution >= 0.6 is 0 Å². The van der Waals surface area contributed by atoms with Crippen LogP contribution in [0.25, 0.3) is 0 Å². The summed E-state index contributed by atoms with van der Waals surface area (Å²) in [7, 11) is 3.51. The maximum atomic E-state index is 12.2. The third kappa shape index (κ3) is 6.08. The third-order valence-corrected chi connectivity index (χ3v) is 2.72. The Morgan fingerprint density at radius 2 is 1.90 bits per heavy atom. The van der Waals surface area contributed by atoms with Gasteiger partial charge in [-0.3, -0.25) is 4.79 Å². The molecular weight excluding hydrogens is 266 g/mol. The molecule has 0 aromatic heterocycles. The average Bonchev–Trinajstić information content (AvgIpc) is 2.48. The first-order valence-electron chi connectivity index (χ1n) is 6.78. The van der Waals surface area contributed by atoms with E-state index in [1.54, 1.807) is 19.0 Å². The van der Waals surface area contributed by atoms with Gasteiger partial charge in [0.25, 0.3) is 0 Å². The van der Waals surface area contributed by atoms with Crippen LogP contribution in [0.2, 0.25) is 0 Å². The molecule has 0 unspecified atom stereocenters. The maximum Gasteiger partial charge on any atom is 0.343 e. The molecule has 21 heavy (non-hydrogen) atoms. The number of carbonyl (C=O) groups excluding carboxylic acids is 2. The highest BCUT2D eigenvalue weighted by Gasteiger charge is 2.19. The van der Waals surface area contributed by atoms with Gasteiger partial charge in [0.1, 0.15) is 12.2 Å². The van der Waals surface area contributed by atoms with Gasteiger partial charge in [-0.1, -0.05) is 43.0 Å². The molecule has 1 rings (SSSR count). The summed E-state index contributed by atoms with van der Waals surface area (Å²) in [4.78, 5) is 25.8. The van der Waals surface area contributed by atoms with E-state index in [0.29, 0.717) is 6.42 Å². The fourth-order valence-electron chi connectivity index (χ4n) is 1.75. The highest BCUT2D eigenvalue weighted by molar-refractivity contribution is 6.17. The standard InChI is InChI=1S/C17H21NO3/c1-4-12-21-17(20)15(13-18(2)3)16(19)11-10-14-8-6-5-7-9-14/h4-9,13H,1,10-12H2,2-3H3/b15-13-. The van der Waals surface area contributed by atoms with Gasteiger partial charge < -0.3 is 9.64 Å². The molecule has 0 bridgehead atoms. The van der Waals surface area contributed by atoms with Gasteiger partial charge in [-0.25, -0.2) is 4.79 Å². The molecule has 0 aliphatic heterocycles. The highest BCUT2D eigenvalue weighted by atomic mass is 16.5. The first kappa shape index (κ1) is 16.7. The predicted molar refractivity (Wildman–Crippen MR) is 82.7 cm³/mol. The minimum absolute atomic E-state index is 0.0674. The normalized spacial score (nSPS) is 10.9. The zero-order valence-electron chi connectivity index (χ0n) is 12.5. The molecule has 1 aromatic carbocycles. The summed E-state index contributed by atoms with van der Waals surface area (Å²) in [6.45, 7) is 3.57. The second-order valence-electron chi connectivity index (χ2n) is 4.80.